The number of anilines is 1. The third-order valence-electron chi connectivity index (χ3n) is 4.33. The van der Waals surface area contributed by atoms with Crippen LogP contribution in [0.4, 0.5) is 5.82 Å². The van der Waals surface area contributed by atoms with Crippen LogP contribution in [0.3, 0.4) is 0 Å². The number of rotatable bonds is 2. The smallest absolute Gasteiger partial charge is 0.139 e. The number of nitrogens with zero attached hydrogens (tertiary/aromatic N) is 6. The first-order valence-electron chi connectivity index (χ1n) is 7.76. The van der Waals surface area contributed by atoms with Crippen LogP contribution in [0.2, 0.25) is 0 Å². The van der Waals surface area contributed by atoms with Crippen LogP contribution in [0, 0.1) is 0 Å². The van der Waals surface area contributed by atoms with Gasteiger partial charge >= 0.3 is 0 Å². The first-order chi connectivity index (χ1) is 11.3. The molecule has 4 rings (SSSR count). The molecule has 3 aromatic rings. The van der Waals surface area contributed by atoms with Crippen molar-refractivity contribution in [3.63, 3.8) is 0 Å². The van der Waals surface area contributed by atoms with E-state index in [1.165, 1.54) is 0 Å². The third-order valence-corrected chi connectivity index (χ3v) is 4.33. The molecule has 23 heavy (non-hydrogen) atoms. The van der Waals surface area contributed by atoms with E-state index in [1.54, 1.807) is 18.7 Å². The van der Waals surface area contributed by atoms with Gasteiger partial charge in [-0.15, -0.1) is 0 Å². The Morgan fingerprint density at radius 1 is 0.913 bits per heavy atom. The summed E-state index contributed by atoms with van der Waals surface area (Å²) < 4.78 is 0. The van der Waals surface area contributed by atoms with E-state index < -0.39 is 0 Å². The van der Waals surface area contributed by atoms with E-state index in [1.807, 2.05) is 12.1 Å². The Morgan fingerprint density at radius 2 is 1.78 bits per heavy atom. The molecule has 0 amide bonds. The Morgan fingerprint density at radius 3 is 2.57 bits per heavy atom. The number of aromatic nitrogens is 4. The molecule has 3 heterocycles. The van der Waals surface area contributed by atoms with Crippen LogP contribution in [0.5, 0.6) is 0 Å². The molecule has 0 radical (unpaired) electrons. The summed E-state index contributed by atoms with van der Waals surface area (Å²) in [6.07, 6.45) is 5.15. The molecule has 0 aliphatic carbocycles. The molecule has 2 aromatic heterocycles. The minimum Gasteiger partial charge on any atom is -0.353 e. The van der Waals surface area contributed by atoms with Gasteiger partial charge in [-0.3, -0.25) is 0 Å². The lowest BCUT2D eigenvalue weighted by Crippen LogP contribution is -2.44. The molecule has 0 saturated carbocycles. The lowest BCUT2D eigenvalue weighted by molar-refractivity contribution is 0.312. The molecular formula is C17H18N6. The van der Waals surface area contributed by atoms with Crippen molar-refractivity contribution in [3.8, 4) is 11.1 Å². The quantitative estimate of drug-likeness (QED) is 0.720. The van der Waals surface area contributed by atoms with Gasteiger partial charge in [-0.2, -0.15) is 10.2 Å². The van der Waals surface area contributed by atoms with Gasteiger partial charge in [0.2, 0.25) is 0 Å². The minimum absolute atomic E-state index is 0.972. The average molecular weight is 306 g/mol. The molecular weight excluding hydrogens is 288 g/mol. The van der Waals surface area contributed by atoms with E-state index >= 15 is 0 Å². The predicted molar refractivity (Wildman–Crippen MR) is 90.3 cm³/mol. The SMILES string of the molecule is CN1CCN(c2ncnc3ccc(-c4ccnnc4)cc23)CC1. The van der Waals surface area contributed by atoms with Gasteiger partial charge in [-0.25, -0.2) is 9.97 Å². The van der Waals surface area contributed by atoms with Gasteiger partial charge in [0.25, 0.3) is 0 Å². The second kappa shape index (κ2) is 5.89. The van der Waals surface area contributed by atoms with E-state index in [2.05, 4.69) is 49.1 Å². The molecule has 0 atom stereocenters. The molecule has 1 fully saturated rings. The fourth-order valence-corrected chi connectivity index (χ4v) is 2.95. The van der Waals surface area contributed by atoms with Crippen molar-refractivity contribution in [1.82, 2.24) is 25.1 Å². The van der Waals surface area contributed by atoms with Crippen LogP contribution in [0.1, 0.15) is 0 Å². The van der Waals surface area contributed by atoms with Gasteiger partial charge in [-0.05, 0) is 30.8 Å². The number of hydrogen-bond donors (Lipinski definition) is 0. The topological polar surface area (TPSA) is 58.0 Å². The standard InChI is InChI=1S/C17H18N6/c1-22-6-8-23(9-7-22)17-15-10-13(14-4-5-20-21-11-14)2-3-16(15)18-12-19-17/h2-5,10-12H,6-9H2,1H3. The maximum Gasteiger partial charge on any atom is 0.139 e. The molecule has 1 aliphatic heterocycles. The lowest BCUT2D eigenvalue weighted by Gasteiger charge is -2.33. The van der Waals surface area contributed by atoms with Gasteiger partial charge in [0.1, 0.15) is 12.1 Å². The zero-order valence-electron chi connectivity index (χ0n) is 13.1. The van der Waals surface area contributed by atoms with E-state index in [9.17, 15) is 0 Å². The lowest BCUT2D eigenvalue weighted by atomic mass is 10.1. The highest BCUT2D eigenvalue weighted by Gasteiger charge is 2.18. The normalized spacial score (nSPS) is 16.0. The largest absolute Gasteiger partial charge is 0.353 e. The number of fused-ring (bicyclic) bond motifs is 1. The highest BCUT2D eigenvalue weighted by atomic mass is 15.3. The molecule has 0 N–H and O–H groups in total. The Balaban J connectivity index is 1.79. The molecule has 1 aliphatic rings. The van der Waals surface area contributed by atoms with Crippen molar-refractivity contribution in [3.05, 3.63) is 43.0 Å². The van der Waals surface area contributed by atoms with Gasteiger partial charge in [-0.1, -0.05) is 6.07 Å². The van der Waals surface area contributed by atoms with Crippen LogP contribution < -0.4 is 4.90 Å². The highest BCUT2D eigenvalue weighted by Crippen LogP contribution is 2.28. The second-order valence-electron chi connectivity index (χ2n) is 5.85. The van der Waals surface area contributed by atoms with Crippen molar-refractivity contribution in [1.29, 1.82) is 0 Å². The van der Waals surface area contributed by atoms with Gasteiger partial charge in [0.05, 0.1) is 17.9 Å². The summed E-state index contributed by atoms with van der Waals surface area (Å²) in [4.78, 5) is 13.7. The number of hydrogen-bond acceptors (Lipinski definition) is 6. The summed E-state index contributed by atoms with van der Waals surface area (Å²) >= 11 is 0. The van der Waals surface area contributed by atoms with Crippen LogP contribution in [-0.4, -0.2) is 58.3 Å². The van der Waals surface area contributed by atoms with Crippen molar-refractivity contribution in [2.45, 2.75) is 0 Å². The maximum atomic E-state index is 4.56. The molecule has 0 unspecified atom stereocenters. The van der Waals surface area contributed by atoms with E-state index in [0.717, 1.165) is 54.0 Å². The molecule has 6 nitrogen and oxygen atoms in total. The number of benzene rings is 1. The minimum atomic E-state index is 0.972. The van der Waals surface area contributed by atoms with Crippen molar-refractivity contribution < 1.29 is 0 Å². The zero-order chi connectivity index (χ0) is 15.6. The van der Waals surface area contributed by atoms with E-state index in [-0.39, 0.29) is 0 Å². The fraction of sp³-hybridized carbons (Fsp3) is 0.294. The van der Waals surface area contributed by atoms with Crippen molar-refractivity contribution in [2.24, 2.45) is 0 Å². The highest BCUT2D eigenvalue weighted by molar-refractivity contribution is 5.92. The van der Waals surface area contributed by atoms with Crippen LogP contribution >= 0.6 is 0 Å². The van der Waals surface area contributed by atoms with E-state index in [4.69, 9.17) is 0 Å². The Labute approximate surface area is 134 Å². The molecule has 6 heteroatoms. The molecule has 0 bridgehead atoms. The second-order valence-corrected chi connectivity index (χ2v) is 5.85. The monoisotopic (exact) mass is 306 g/mol. The number of likely N-dealkylation sites (N-methyl/N-ethyl adjacent to an activating group) is 1. The van der Waals surface area contributed by atoms with E-state index in [0.29, 0.717) is 0 Å². The number of piperazine rings is 1. The predicted octanol–water partition coefficient (Wildman–Crippen LogP) is 1.84. The van der Waals surface area contributed by atoms with Crippen LogP contribution in [-0.2, 0) is 0 Å². The summed E-state index contributed by atoms with van der Waals surface area (Å²) in [7, 11) is 2.16. The van der Waals surface area contributed by atoms with Crippen molar-refractivity contribution in [2.75, 3.05) is 38.1 Å². The fourth-order valence-electron chi connectivity index (χ4n) is 2.95. The molecule has 0 spiro atoms. The Kier molecular flexibility index (Phi) is 3.59. The van der Waals surface area contributed by atoms with Crippen LogP contribution in [0.15, 0.2) is 43.0 Å². The van der Waals surface area contributed by atoms with Gasteiger partial charge < -0.3 is 9.80 Å². The molecule has 116 valence electrons. The van der Waals surface area contributed by atoms with Crippen molar-refractivity contribution >= 4 is 16.7 Å². The average Bonchev–Trinajstić information content (AvgIpc) is 2.62. The Bertz CT molecular complexity index is 812. The first kappa shape index (κ1) is 14.0. The summed E-state index contributed by atoms with van der Waals surface area (Å²) in [6.45, 7) is 4.09. The third kappa shape index (κ3) is 2.73. The first-order valence-corrected chi connectivity index (χ1v) is 7.76. The Hall–Kier alpha value is -2.60. The summed E-state index contributed by atoms with van der Waals surface area (Å²) in [5.74, 6) is 1.02. The summed E-state index contributed by atoms with van der Waals surface area (Å²) in [5, 5.41) is 8.90. The maximum absolute atomic E-state index is 4.56. The molecule has 1 saturated heterocycles. The molecule has 1 aromatic carbocycles. The summed E-state index contributed by atoms with van der Waals surface area (Å²) in [5.41, 5.74) is 3.13. The zero-order valence-corrected chi connectivity index (χ0v) is 13.1. The van der Waals surface area contributed by atoms with Gasteiger partial charge in [0.15, 0.2) is 0 Å². The summed E-state index contributed by atoms with van der Waals surface area (Å²) in [6, 6.07) is 8.24. The van der Waals surface area contributed by atoms with Crippen LogP contribution in [0.25, 0.3) is 22.0 Å². The van der Waals surface area contributed by atoms with Gasteiger partial charge in [0, 0.05) is 37.1 Å².